The molecule has 4 nitrogen and oxygen atoms in total. The first-order valence-electron chi connectivity index (χ1n) is 8.70. The van der Waals surface area contributed by atoms with E-state index in [0.717, 1.165) is 37.1 Å². The van der Waals surface area contributed by atoms with Gasteiger partial charge in [0, 0.05) is 12.8 Å². The summed E-state index contributed by atoms with van der Waals surface area (Å²) < 4.78 is 11.4. The average Bonchev–Trinajstić information content (AvgIpc) is 3.07. The lowest BCUT2D eigenvalue weighted by Gasteiger charge is -2.26. The van der Waals surface area contributed by atoms with Crippen LogP contribution < -0.4 is 10.1 Å². The third-order valence-electron chi connectivity index (χ3n) is 4.66. The summed E-state index contributed by atoms with van der Waals surface area (Å²) in [6.45, 7) is 3.95. The van der Waals surface area contributed by atoms with Gasteiger partial charge in [-0.3, -0.25) is 4.79 Å². The van der Waals surface area contributed by atoms with Crippen molar-refractivity contribution in [1.82, 2.24) is 0 Å². The molecule has 1 N–H and O–H groups in total. The summed E-state index contributed by atoms with van der Waals surface area (Å²) in [4.78, 5) is 12.5. The normalized spacial score (nSPS) is 17.7. The van der Waals surface area contributed by atoms with Gasteiger partial charge in [-0.2, -0.15) is 0 Å². The van der Waals surface area contributed by atoms with Crippen LogP contribution in [-0.4, -0.2) is 24.7 Å². The fraction of sp³-hybridized carbons (Fsp3) is 0.632. The molecule has 0 unspecified atom stereocenters. The molecule has 2 rings (SSSR count). The molecule has 1 aromatic rings. The summed E-state index contributed by atoms with van der Waals surface area (Å²) in [5.74, 6) is 0.772. The first-order valence-corrected chi connectivity index (χ1v) is 8.70. The van der Waals surface area contributed by atoms with Crippen molar-refractivity contribution in [1.29, 1.82) is 0 Å². The van der Waals surface area contributed by atoms with Gasteiger partial charge in [0.25, 0.3) is 5.91 Å². The second kappa shape index (κ2) is 8.34. The van der Waals surface area contributed by atoms with Crippen molar-refractivity contribution < 1.29 is 14.3 Å². The maximum Gasteiger partial charge on any atom is 0.256 e. The van der Waals surface area contributed by atoms with E-state index in [2.05, 4.69) is 12.2 Å². The predicted octanol–water partition coefficient (Wildman–Crippen LogP) is 4.54. The number of anilines is 1. The van der Waals surface area contributed by atoms with E-state index >= 15 is 0 Å². The van der Waals surface area contributed by atoms with Gasteiger partial charge in [0.1, 0.15) is 11.4 Å². The summed E-state index contributed by atoms with van der Waals surface area (Å²) in [7, 11) is 1.59. The Morgan fingerprint density at radius 3 is 2.48 bits per heavy atom. The molecule has 1 atom stereocenters. The van der Waals surface area contributed by atoms with Gasteiger partial charge in [0.05, 0.1) is 6.10 Å². The van der Waals surface area contributed by atoms with Crippen LogP contribution in [0.2, 0.25) is 0 Å². The Morgan fingerprint density at radius 1 is 1.26 bits per heavy atom. The second-order valence-electron chi connectivity index (χ2n) is 6.54. The number of nitrogens with one attached hydrogen (secondary N) is 1. The highest BCUT2D eigenvalue weighted by Gasteiger charge is 2.32. The van der Waals surface area contributed by atoms with E-state index in [1.165, 1.54) is 12.8 Å². The van der Waals surface area contributed by atoms with Crippen LogP contribution in [0.25, 0.3) is 0 Å². The SMILES string of the molecule is CCCC[C@@](C)(OC)C(=O)Nc1ccc(OC2CCCC2)cc1. The maximum atomic E-state index is 12.5. The number of carbonyl (C=O) groups is 1. The van der Waals surface area contributed by atoms with Crippen LogP contribution in [0.5, 0.6) is 5.75 Å². The van der Waals surface area contributed by atoms with E-state index in [9.17, 15) is 4.79 Å². The van der Waals surface area contributed by atoms with Crippen LogP contribution in [0.15, 0.2) is 24.3 Å². The van der Waals surface area contributed by atoms with Crippen LogP contribution in [0, 0.1) is 0 Å². The van der Waals surface area contributed by atoms with Crippen LogP contribution in [-0.2, 0) is 9.53 Å². The molecule has 23 heavy (non-hydrogen) atoms. The zero-order valence-electron chi connectivity index (χ0n) is 14.6. The average molecular weight is 319 g/mol. The van der Waals surface area contributed by atoms with Crippen LogP contribution in [0.4, 0.5) is 5.69 Å². The summed E-state index contributed by atoms with van der Waals surface area (Å²) in [5.41, 5.74) is -0.0109. The van der Waals surface area contributed by atoms with Gasteiger partial charge in [-0.25, -0.2) is 0 Å². The minimum Gasteiger partial charge on any atom is -0.490 e. The van der Waals surface area contributed by atoms with Crippen molar-refractivity contribution in [2.24, 2.45) is 0 Å². The van der Waals surface area contributed by atoms with Gasteiger partial charge in [0.2, 0.25) is 0 Å². The molecule has 0 aromatic heterocycles. The van der Waals surface area contributed by atoms with Crippen molar-refractivity contribution in [2.45, 2.75) is 70.5 Å². The van der Waals surface area contributed by atoms with Gasteiger partial charge < -0.3 is 14.8 Å². The van der Waals surface area contributed by atoms with Gasteiger partial charge >= 0.3 is 0 Å². The van der Waals surface area contributed by atoms with E-state index in [4.69, 9.17) is 9.47 Å². The first-order chi connectivity index (χ1) is 11.1. The third-order valence-corrected chi connectivity index (χ3v) is 4.66. The number of hydrogen-bond donors (Lipinski definition) is 1. The zero-order valence-corrected chi connectivity index (χ0v) is 14.6. The van der Waals surface area contributed by atoms with Gasteiger partial charge in [-0.05, 0) is 63.3 Å². The molecule has 1 amide bonds. The smallest absolute Gasteiger partial charge is 0.256 e. The second-order valence-corrected chi connectivity index (χ2v) is 6.54. The Balaban J connectivity index is 1.92. The van der Waals surface area contributed by atoms with E-state index < -0.39 is 5.60 Å². The Bertz CT molecular complexity index is 494. The predicted molar refractivity (Wildman–Crippen MR) is 92.9 cm³/mol. The fourth-order valence-electron chi connectivity index (χ4n) is 2.90. The maximum absolute atomic E-state index is 12.5. The number of benzene rings is 1. The molecular weight excluding hydrogens is 290 g/mol. The molecule has 0 spiro atoms. The lowest BCUT2D eigenvalue weighted by molar-refractivity contribution is -0.136. The number of methoxy groups -OCH3 is 1. The minimum absolute atomic E-state index is 0.0992. The van der Waals surface area contributed by atoms with E-state index in [-0.39, 0.29) is 5.91 Å². The number of amides is 1. The lowest BCUT2D eigenvalue weighted by atomic mass is 9.97. The third kappa shape index (κ3) is 4.96. The molecular formula is C19H29NO3. The summed E-state index contributed by atoms with van der Waals surface area (Å²) in [6, 6.07) is 7.62. The van der Waals surface area contributed by atoms with Crippen LogP contribution in [0.1, 0.15) is 58.8 Å². The molecule has 0 aliphatic heterocycles. The molecule has 1 aliphatic rings. The number of rotatable bonds is 8. The number of unbranched alkanes of at least 4 members (excludes halogenated alkanes) is 1. The zero-order chi connectivity index (χ0) is 16.7. The topological polar surface area (TPSA) is 47.6 Å². The van der Waals surface area contributed by atoms with Crippen molar-refractivity contribution in [3.63, 3.8) is 0 Å². The largest absolute Gasteiger partial charge is 0.490 e. The van der Waals surface area contributed by atoms with Gasteiger partial charge in [-0.1, -0.05) is 19.8 Å². The number of ether oxygens (including phenoxy) is 2. The molecule has 1 aromatic carbocycles. The van der Waals surface area contributed by atoms with E-state index in [0.29, 0.717) is 12.5 Å². The van der Waals surface area contributed by atoms with Gasteiger partial charge in [-0.15, -0.1) is 0 Å². The lowest BCUT2D eigenvalue weighted by Crippen LogP contribution is -2.41. The molecule has 1 aliphatic carbocycles. The molecule has 1 saturated carbocycles. The molecule has 0 heterocycles. The molecule has 1 fully saturated rings. The summed E-state index contributed by atoms with van der Waals surface area (Å²) in [5, 5.41) is 2.94. The highest BCUT2D eigenvalue weighted by Crippen LogP contribution is 2.26. The Kier molecular flexibility index (Phi) is 6.46. The highest BCUT2D eigenvalue weighted by molar-refractivity contribution is 5.97. The van der Waals surface area contributed by atoms with Crippen molar-refractivity contribution in [2.75, 3.05) is 12.4 Å². The van der Waals surface area contributed by atoms with E-state index in [1.54, 1.807) is 7.11 Å². The highest BCUT2D eigenvalue weighted by atomic mass is 16.5. The number of carbonyl (C=O) groups excluding carboxylic acids is 1. The fourth-order valence-corrected chi connectivity index (χ4v) is 2.90. The van der Waals surface area contributed by atoms with Gasteiger partial charge in [0.15, 0.2) is 0 Å². The monoisotopic (exact) mass is 319 g/mol. The number of hydrogen-bond acceptors (Lipinski definition) is 3. The quantitative estimate of drug-likeness (QED) is 0.765. The molecule has 0 bridgehead atoms. The summed E-state index contributed by atoms with van der Waals surface area (Å²) >= 11 is 0. The molecule has 4 heteroatoms. The Morgan fingerprint density at radius 2 is 1.91 bits per heavy atom. The summed E-state index contributed by atoms with van der Waals surface area (Å²) in [6.07, 6.45) is 7.86. The van der Waals surface area contributed by atoms with Crippen LogP contribution in [0.3, 0.4) is 0 Å². The van der Waals surface area contributed by atoms with Crippen molar-refractivity contribution in [3.8, 4) is 5.75 Å². The molecule has 128 valence electrons. The minimum atomic E-state index is -0.783. The van der Waals surface area contributed by atoms with E-state index in [1.807, 2.05) is 31.2 Å². The first kappa shape index (κ1) is 17.8. The Hall–Kier alpha value is -1.55. The molecule has 0 saturated heterocycles. The van der Waals surface area contributed by atoms with Crippen LogP contribution >= 0.6 is 0 Å². The molecule has 0 radical (unpaired) electrons. The van der Waals surface area contributed by atoms with Crippen molar-refractivity contribution >= 4 is 11.6 Å². The standard InChI is InChI=1S/C19H29NO3/c1-4-5-14-19(2,22-3)18(21)20-15-10-12-17(13-11-15)23-16-8-6-7-9-16/h10-13,16H,4-9,14H2,1-3H3,(H,20,21)/t19-/m1/s1. The Labute approximate surface area is 139 Å². The van der Waals surface area contributed by atoms with Crippen molar-refractivity contribution in [3.05, 3.63) is 24.3 Å².